The molecule has 0 atom stereocenters. The smallest absolute Gasteiger partial charge is 0.0345 e. The Morgan fingerprint density at radius 1 is 0.750 bits per heavy atom. The molecule has 0 fully saturated rings. The van der Waals surface area contributed by atoms with Crippen molar-refractivity contribution < 1.29 is 0 Å². The fourth-order valence-corrected chi connectivity index (χ4v) is 1.38. The van der Waals surface area contributed by atoms with Gasteiger partial charge in [-0.3, -0.25) is 0 Å². The average Bonchev–Trinajstić information content (AvgIpc) is 2.31. The van der Waals surface area contributed by atoms with Gasteiger partial charge in [0.1, 0.15) is 0 Å². The van der Waals surface area contributed by atoms with Gasteiger partial charge in [-0.1, -0.05) is 63.1 Å². The molecule has 0 aromatic carbocycles. The van der Waals surface area contributed by atoms with E-state index in [9.17, 15) is 0 Å². The van der Waals surface area contributed by atoms with Crippen LogP contribution in [0.5, 0.6) is 0 Å². The number of hydrogen-bond donors (Lipinski definition) is 0. The molecule has 0 aromatic heterocycles. The van der Waals surface area contributed by atoms with E-state index in [1.165, 1.54) is 38.5 Å². The van der Waals surface area contributed by atoms with Gasteiger partial charge in [0, 0.05) is 0 Å². The summed E-state index contributed by atoms with van der Waals surface area (Å²) in [5.41, 5.74) is 0. The lowest BCUT2D eigenvalue weighted by Crippen LogP contribution is -1.70. The predicted molar refractivity (Wildman–Crippen MR) is 75.4 cm³/mol. The van der Waals surface area contributed by atoms with Crippen LogP contribution in [0.3, 0.4) is 0 Å². The Bertz CT molecular complexity index is 196. The minimum Gasteiger partial charge on any atom is -0.0885 e. The third-order valence-corrected chi connectivity index (χ3v) is 2.39. The number of rotatable bonds is 10. The highest BCUT2D eigenvalue weighted by Crippen LogP contribution is 2.01. The second-order valence-corrected chi connectivity index (χ2v) is 4.04. The standard InChI is InChI=1S/C16H27/c1-3-5-7-9-11-13-15-16-14-12-10-8-6-4-2/h7,9-13H,1,3-6,8,14-16H2,2H3/b9-7+,12-10+,13-11+. The van der Waals surface area contributed by atoms with Gasteiger partial charge in [-0.15, -0.1) is 0 Å². The van der Waals surface area contributed by atoms with Crippen LogP contribution in [0.2, 0.25) is 0 Å². The molecular formula is C16H27. The van der Waals surface area contributed by atoms with E-state index >= 15 is 0 Å². The molecule has 0 N–H and O–H groups in total. The van der Waals surface area contributed by atoms with E-state index in [1.54, 1.807) is 0 Å². The third-order valence-electron chi connectivity index (χ3n) is 2.39. The SMILES string of the molecule is [CH2]CC/C=C/C=C/CCC/C=C/CCCC. The van der Waals surface area contributed by atoms with Crippen molar-refractivity contribution in [1.82, 2.24) is 0 Å². The minimum absolute atomic E-state index is 0.993. The molecule has 0 aliphatic rings. The second-order valence-electron chi connectivity index (χ2n) is 4.04. The van der Waals surface area contributed by atoms with Crippen LogP contribution in [0.15, 0.2) is 36.5 Å². The van der Waals surface area contributed by atoms with Crippen LogP contribution >= 0.6 is 0 Å². The summed E-state index contributed by atoms with van der Waals surface area (Å²) in [6.07, 6.45) is 23.0. The normalized spacial score (nSPS) is 12.4. The summed E-state index contributed by atoms with van der Waals surface area (Å²) in [4.78, 5) is 0. The van der Waals surface area contributed by atoms with Gasteiger partial charge in [0.15, 0.2) is 0 Å². The maximum absolute atomic E-state index is 3.79. The highest BCUT2D eigenvalue weighted by Gasteiger charge is 1.81. The van der Waals surface area contributed by atoms with Crippen LogP contribution in [0.25, 0.3) is 0 Å². The lowest BCUT2D eigenvalue weighted by molar-refractivity contribution is 0.805. The van der Waals surface area contributed by atoms with E-state index in [0.717, 1.165) is 12.8 Å². The molecule has 1 radical (unpaired) electrons. The number of hydrogen-bond acceptors (Lipinski definition) is 0. The summed E-state index contributed by atoms with van der Waals surface area (Å²) in [6.45, 7) is 6.03. The molecule has 0 aliphatic heterocycles. The molecule has 0 saturated carbocycles. The van der Waals surface area contributed by atoms with Crippen molar-refractivity contribution in [2.75, 3.05) is 0 Å². The van der Waals surface area contributed by atoms with Crippen molar-refractivity contribution in [2.24, 2.45) is 0 Å². The van der Waals surface area contributed by atoms with Gasteiger partial charge < -0.3 is 0 Å². The predicted octanol–water partition coefficient (Wildman–Crippen LogP) is 5.63. The molecule has 16 heavy (non-hydrogen) atoms. The van der Waals surface area contributed by atoms with Crippen molar-refractivity contribution in [3.05, 3.63) is 43.4 Å². The van der Waals surface area contributed by atoms with E-state index in [-0.39, 0.29) is 0 Å². The molecule has 0 heterocycles. The topological polar surface area (TPSA) is 0 Å². The molecule has 91 valence electrons. The van der Waals surface area contributed by atoms with Gasteiger partial charge in [-0.25, -0.2) is 0 Å². The zero-order valence-corrected chi connectivity index (χ0v) is 10.8. The van der Waals surface area contributed by atoms with Crippen LogP contribution < -0.4 is 0 Å². The van der Waals surface area contributed by atoms with Crippen molar-refractivity contribution in [2.45, 2.75) is 58.3 Å². The summed E-state index contributed by atoms with van der Waals surface area (Å²) in [7, 11) is 0. The molecule has 0 aromatic rings. The minimum atomic E-state index is 0.993. The largest absolute Gasteiger partial charge is 0.0885 e. The Morgan fingerprint density at radius 2 is 1.31 bits per heavy atom. The number of unbranched alkanes of at least 4 members (excludes halogenated alkanes) is 5. The first-order chi connectivity index (χ1) is 7.91. The zero-order valence-electron chi connectivity index (χ0n) is 10.8. The Morgan fingerprint density at radius 3 is 1.94 bits per heavy atom. The van der Waals surface area contributed by atoms with Crippen molar-refractivity contribution >= 4 is 0 Å². The maximum atomic E-state index is 3.79. The summed E-state index contributed by atoms with van der Waals surface area (Å²) < 4.78 is 0. The molecule has 0 heteroatoms. The van der Waals surface area contributed by atoms with Crippen LogP contribution in [0.4, 0.5) is 0 Å². The fraction of sp³-hybridized carbons (Fsp3) is 0.562. The molecule has 0 rings (SSSR count). The average molecular weight is 219 g/mol. The summed E-state index contributed by atoms with van der Waals surface area (Å²) >= 11 is 0. The van der Waals surface area contributed by atoms with Crippen molar-refractivity contribution in [3.8, 4) is 0 Å². The Hall–Kier alpha value is -0.780. The monoisotopic (exact) mass is 219 g/mol. The van der Waals surface area contributed by atoms with E-state index < -0.39 is 0 Å². The summed E-state index contributed by atoms with van der Waals surface area (Å²) in [6, 6.07) is 0. The summed E-state index contributed by atoms with van der Waals surface area (Å²) in [5, 5.41) is 0. The van der Waals surface area contributed by atoms with Gasteiger partial charge in [0.05, 0.1) is 0 Å². The first-order valence-electron chi connectivity index (χ1n) is 6.67. The molecule has 0 nitrogen and oxygen atoms in total. The lowest BCUT2D eigenvalue weighted by atomic mass is 10.2. The molecular weight excluding hydrogens is 192 g/mol. The van der Waals surface area contributed by atoms with Gasteiger partial charge in [-0.2, -0.15) is 0 Å². The quantitative estimate of drug-likeness (QED) is 0.254. The van der Waals surface area contributed by atoms with Crippen LogP contribution in [0.1, 0.15) is 58.3 Å². The molecule has 0 unspecified atom stereocenters. The van der Waals surface area contributed by atoms with Gasteiger partial charge >= 0.3 is 0 Å². The lowest BCUT2D eigenvalue weighted by Gasteiger charge is -1.91. The highest BCUT2D eigenvalue weighted by molar-refractivity contribution is 5.02. The molecule has 0 bridgehead atoms. The van der Waals surface area contributed by atoms with Crippen LogP contribution in [0, 0.1) is 6.92 Å². The second kappa shape index (κ2) is 14.2. The van der Waals surface area contributed by atoms with E-state index in [2.05, 4.69) is 50.3 Å². The highest BCUT2D eigenvalue weighted by atomic mass is 13.9. The molecule has 0 amide bonds. The van der Waals surface area contributed by atoms with Gasteiger partial charge in [0.2, 0.25) is 0 Å². The third kappa shape index (κ3) is 13.2. The van der Waals surface area contributed by atoms with Gasteiger partial charge in [0.25, 0.3) is 0 Å². The number of allylic oxidation sites excluding steroid dienone is 6. The maximum Gasteiger partial charge on any atom is -0.0345 e. The first-order valence-corrected chi connectivity index (χ1v) is 6.67. The zero-order chi connectivity index (χ0) is 11.9. The van der Waals surface area contributed by atoms with E-state index in [4.69, 9.17) is 0 Å². The van der Waals surface area contributed by atoms with Crippen molar-refractivity contribution in [3.63, 3.8) is 0 Å². The molecule has 0 saturated heterocycles. The fourth-order valence-electron chi connectivity index (χ4n) is 1.38. The Labute approximate surface area is 102 Å². The molecule has 0 spiro atoms. The molecule has 0 aliphatic carbocycles. The van der Waals surface area contributed by atoms with Crippen molar-refractivity contribution in [1.29, 1.82) is 0 Å². The Balaban J connectivity index is 3.22. The van der Waals surface area contributed by atoms with Crippen LogP contribution in [-0.2, 0) is 0 Å². The van der Waals surface area contributed by atoms with Crippen LogP contribution in [-0.4, -0.2) is 0 Å². The first kappa shape index (κ1) is 15.2. The summed E-state index contributed by atoms with van der Waals surface area (Å²) in [5.74, 6) is 0. The Kier molecular flexibility index (Phi) is 13.5. The van der Waals surface area contributed by atoms with Gasteiger partial charge in [-0.05, 0) is 38.5 Å². The van der Waals surface area contributed by atoms with E-state index in [1.807, 2.05) is 0 Å². The van der Waals surface area contributed by atoms with E-state index in [0.29, 0.717) is 0 Å².